The number of nitrogens with one attached hydrogen (secondary N) is 1. The number of ether oxygens (including phenoxy) is 1. The van der Waals surface area contributed by atoms with Crippen molar-refractivity contribution in [2.75, 3.05) is 26.5 Å². The first kappa shape index (κ1) is 20.0. The van der Waals surface area contributed by atoms with Gasteiger partial charge in [-0.3, -0.25) is 0 Å². The quantitative estimate of drug-likeness (QED) is 0.719. The maximum atomic E-state index is 5.70. The Hall–Kier alpha value is -1.24. The highest BCUT2D eigenvalue weighted by Crippen LogP contribution is 2.47. The highest BCUT2D eigenvalue weighted by Gasteiger charge is 2.32. The van der Waals surface area contributed by atoms with Crippen LogP contribution in [0.15, 0.2) is 6.33 Å². The lowest BCUT2D eigenvalue weighted by molar-refractivity contribution is 0.0858. The predicted octanol–water partition coefficient (Wildman–Crippen LogP) is 4.82. The molecule has 0 amide bonds. The summed E-state index contributed by atoms with van der Waals surface area (Å²) in [5, 5.41) is 5.10. The average Bonchev–Trinajstić information content (AvgIpc) is 3.26. The highest BCUT2D eigenvalue weighted by atomic mass is 32.1. The van der Waals surface area contributed by atoms with E-state index < -0.39 is 0 Å². The van der Waals surface area contributed by atoms with E-state index in [9.17, 15) is 0 Å². The van der Waals surface area contributed by atoms with E-state index in [0.29, 0.717) is 18.1 Å². The van der Waals surface area contributed by atoms with Gasteiger partial charge in [0.25, 0.3) is 0 Å². The van der Waals surface area contributed by atoms with Crippen molar-refractivity contribution in [3.05, 3.63) is 16.8 Å². The molecular formula is C22H34N4OS. The Morgan fingerprint density at radius 3 is 2.68 bits per heavy atom. The summed E-state index contributed by atoms with van der Waals surface area (Å²) >= 11 is 1.87. The number of hydrogen-bond donors (Lipinski definition) is 1. The second-order valence-electron chi connectivity index (χ2n) is 8.69. The van der Waals surface area contributed by atoms with Crippen molar-refractivity contribution in [2.24, 2.45) is 0 Å². The van der Waals surface area contributed by atoms with Crippen LogP contribution >= 0.6 is 11.3 Å². The van der Waals surface area contributed by atoms with Gasteiger partial charge in [0.1, 0.15) is 17.0 Å². The summed E-state index contributed by atoms with van der Waals surface area (Å²) in [6, 6.07) is 1.24. The minimum absolute atomic E-state index is 0.341. The van der Waals surface area contributed by atoms with Gasteiger partial charge in [0.05, 0.1) is 11.5 Å². The van der Waals surface area contributed by atoms with Crippen molar-refractivity contribution in [1.29, 1.82) is 0 Å². The molecule has 6 heteroatoms. The number of aromatic nitrogens is 2. The molecule has 2 heterocycles. The van der Waals surface area contributed by atoms with Crippen LogP contribution in [0.5, 0.6) is 0 Å². The largest absolute Gasteiger partial charge is 0.381 e. The van der Waals surface area contributed by atoms with Gasteiger partial charge < -0.3 is 15.0 Å². The predicted molar refractivity (Wildman–Crippen MR) is 118 cm³/mol. The Kier molecular flexibility index (Phi) is 6.18. The molecule has 0 bridgehead atoms. The van der Waals surface area contributed by atoms with Crippen molar-refractivity contribution >= 4 is 27.4 Å². The van der Waals surface area contributed by atoms with E-state index in [0.717, 1.165) is 29.5 Å². The second-order valence-corrected chi connectivity index (χ2v) is 9.78. The standard InChI is InChI=1S/C22H34N4OS/c1-5-17(27-4)12-14-6-11-18-19(14)20-21(23-13-24-22(20)28-18)25-15-7-9-16(10-8-15)26(2)3/h13-17H,5-12H2,1-4H3,(H,23,24,25)/t14-,15-,16-,17-/m1/s1. The lowest BCUT2D eigenvalue weighted by atomic mass is 9.90. The van der Waals surface area contributed by atoms with Crippen molar-refractivity contribution in [3.8, 4) is 0 Å². The van der Waals surface area contributed by atoms with E-state index >= 15 is 0 Å². The minimum Gasteiger partial charge on any atom is -0.381 e. The molecule has 5 nitrogen and oxygen atoms in total. The Morgan fingerprint density at radius 2 is 2.00 bits per heavy atom. The smallest absolute Gasteiger partial charge is 0.138 e. The summed E-state index contributed by atoms with van der Waals surface area (Å²) in [5.41, 5.74) is 1.51. The van der Waals surface area contributed by atoms with Gasteiger partial charge >= 0.3 is 0 Å². The molecular weight excluding hydrogens is 368 g/mol. The minimum atomic E-state index is 0.341. The zero-order valence-corrected chi connectivity index (χ0v) is 18.5. The molecule has 1 N–H and O–H groups in total. The molecule has 2 aromatic heterocycles. The third kappa shape index (κ3) is 3.91. The van der Waals surface area contributed by atoms with Gasteiger partial charge in [0, 0.05) is 24.1 Å². The van der Waals surface area contributed by atoms with Gasteiger partial charge in [-0.05, 0) is 76.9 Å². The summed E-state index contributed by atoms with van der Waals surface area (Å²) < 4.78 is 5.70. The molecule has 0 radical (unpaired) electrons. The molecule has 2 aliphatic rings. The van der Waals surface area contributed by atoms with Crippen LogP contribution < -0.4 is 5.32 Å². The number of thiophene rings is 1. The third-order valence-corrected chi connectivity index (χ3v) is 8.01. The topological polar surface area (TPSA) is 50.3 Å². The Morgan fingerprint density at radius 1 is 1.21 bits per heavy atom. The number of rotatable bonds is 7. The molecule has 2 aromatic rings. The highest BCUT2D eigenvalue weighted by molar-refractivity contribution is 7.19. The summed E-state index contributed by atoms with van der Waals surface area (Å²) in [6.07, 6.45) is 11.6. The number of aryl methyl sites for hydroxylation is 1. The molecule has 0 saturated heterocycles. The van der Waals surface area contributed by atoms with Crippen LogP contribution in [0.3, 0.4) is 0 Å². The number of fused-ring (bicyclic) bond motifs is 3. The molecule has 1 saturated carbocycles. The lowest BCUT2D eigenvalue weighted by Crippen LogP contribution is -2.36. The molecule has 0 aliphatic heterocycles. The fraction of sp³-hybridized carbons (Fsp3) is 0.727. The summed E-state index contributed by atoms with van der Waals surface area (Å²) in [5.74, 6) is 1.64. The van der Waals surface area contributed by atoms with Gasteiger partial charge in [0.15, 0.2) is 0 Å². The average molecular weight is 403 g/mol. The maximum absolute atomic E-state index is 5.70. The number of methoxy groups -OCH3 is 1. The normalized spacial score (nSPS) is 26.0. The molecule has 0 unspecified atom stereocenters. The second kappa shape index (κ2) is 8.64. The molecule has 0 aromatic carbocycles. The summed E-state index contributed by atoms with van der Waals surface area (Å²) in [6.45, 7) is 2.22. The molecule has 2 atom stereocenters. The molecule has 154 valence electrons. The zero-order valence-electron chi connectivity index (χ0n) is 17.7. The Bertz CT molecular complexity index is 793. The van der Waals surface area contributed by atoms with E-state index in [4.69, 9.17) is 9.72 Å². The molecule has 4 rings (SSSR count). The fourth-order valence-corrected chi connectivity index (χ4v) is 6.33. The van der Waals surface area contributed by atoms with Crippen LogP contribution in [0.2, 0.25) is 0 Å². The zero-order chi connectivity index (χ0) is 19.7. The van der Waals surface area contributed by atoms with Crippen molar-refractivity contribution in [3.63, 3.8) is 0 Å². The summed E-state index contributed by atoms with van der Waals surface area (Å²) in [4.78, 5) is 14.4. The van der Waals surface area contributed by atoms with Crippen LogP contribution in [0.25, 0.3) is 10.2 Å². The van der Waals surface area contributed by atoms with Gasteiger partial charge in [-0.1, -0.05) is 6.92 Å². The van der Waals surface area contributed by atoms with Crippen LogP contribution in [-0.4, -0.2) is 54.3 Å². The van der Waals surface area contributed by atoms with Gasteiger partial charge in [0.2, 0.25) is 0 Å². The van der Waals surface area contributed by atoms with Gasteiger partial charge in [-0.25, -0.2) is 9.97 Å². The van der Waals surface area contributed by atoms with Crippen LogP contribution in [0, 0.1) is 0 Å². The van der Waals surface area contributed by atoms with E-state index in [2.05, 4.69) is 36.2 Å². The monoisotopic (exact) mass is 402 g/mol. The van der Waals surface area contributed by atoms with Crippen LogP contribution in [0.4, 0.5) is 5.82 Å². The first-order chi connectivity index (χ1) is 13.6. The van der Waals surface area contributed by atoms with Crippen LogP contribution in [0.1, 0.15) is 68.2 Å². The lowest BCUT2D eigenvalue weighted by Gasteiger charge is -2.33. The van der Waals surface area contributed by atoms with Crippen LogP contribution in [-0.2, 0) is 11.2 Å². The molecule has 28 heavy (non-hydrogen) atoms. The molecule has 2 aliphatic carbocycles. The van der Waals surface area contributed by atoms with E-state index in [1.54, 1.807) is 6.33 Å². The van der Waals surface area contributed by atoms with E-state index in [1.807, 2.05) is 18.4 Å². The van der Waals surface area contributed by atoms with Crippen molar-refractivity contribution < 1.29 is 4.74 Å². The molecule has 1 fully saturated rings. The number of anilines is 1. The Labute approximate surface area is 172 Å². The molecule has 0 spiro atoms. The van der Waals surface area contributed by atoms with E-state index in [1.165, 1.54) is 54.4 Å². The van der Waals surface area contributed by atoms with Crippen molar-refractivity contribution in [2.45, 2.75) is 82.4 Å². The Balaban J connectivity index is 1.57. The summed E-state index contributed by atoms with van der Waals surface area (Å²) in [7, 11) is 6.24. The number of nitrogens with zero attached hydrogens (tertiary/aromatic N) is 3. The first-order valence-electron chi connectivity index (χ1n) is 10.8. The maximum Gasteiger partial charge on any atom is 0.138 e. The van der Waals surface area contributed by atoms with E-state index in [-0.39, 0.29) is 0 Å². The van der Waals surface area contributed by atoms with Gasteiger partial charge in [-0.15, -0.1) is 11.3 Å². The third-order valence-electron chi connectivity index (χ3n) is 6.83. The van der Waals surface area contributed by atoms with Gasteiger partial charge in [-0.2, -0.15) is 0 Å². The fourth-order valence-electron chi connectivity index (χ4n) is 5.09. The van der Waals surface area contributed by atoms with Crippen molar-refractivity contribution in [1.82, 2.24) is 14.9 Å². The number of hydrogen-bond acceptors (Lipinski definition) is 6. The first-order valence-corrected chi connectivity index (χ1v) is 11.6. The SMILES string of the molecule is CC[C@H](C[C@H]1CCc2sc3ncnc(N[C@H]4CC[C@H](N(C)C)CC4)c3c21)OC.